The summed E-state index contributed by atoms with van der Waals surface area (Å²) in [7, 11) is 0. The van der Waals surface area contributed by atoms with E-state index >= 15 is 0 Å². The number of unbranched alkanes of at least 4 members (excludes halogenated alkanes) is 1. The number of amides is 1. The lowest BCUT2D eigenvalue weighted by Crippen LogP contribution is -2.43. The Bertz CT molecular complexity index is 712. The Morgan fingerprint density at radius 3 is 2.09 bits per heavy atom. The number of H-pyrrole nitrogens is 2. The maximum absolute atomic E-state index is 12.9. The monoisotopic (exact) mass is 457 g/mol. The second-order valence-corrected chi connectivity index (χ2v) is 9.27. The Balaban J connectivity index is 1.33. The average Bonchev–Trinajstić information content (AvgIpc) is 3.53. The summed E-state index contributed by atoms with van der Waals surface area (Å²) in [6.07, 6.45) is 17.1. The summed E-state index contributed by atoms with van der Waals surface area (Å²) >= 11 is 0. The third kappa shape index (κ3) is 8.59. The molecule has 0 atom stereocenters. The third-order valence-electron chi connectivity index (χ3n) is 6.63. The van der Waals surface area contributed by atoms with Crippen molar-refractivity contribution < 1.29 is 4.79 Å². The maximum Gasteiger partial charge on any atom is 0.223 e. The van der Waals surface area contributed by atoms with Crippen LogP contribution in [-0.2, 0) is 17.9 Å². The van der Waals surface area contributed by atoms with Crippen molar-refractivity contribution in [1.82, 2.24) is 35.1 Å². The summed E-state index contributed by atoms with van der Waals surface area (Å²) in [5.74, 6) is 1.74. The first-order valence-corrected chi connectivity index (χ1v) is 12.9. The minimum atomic E-state index is 0.148. The van der Waals surface area contributed by atoms with E-state index in [1.165, 1.54) is 51.6 Å². The number of aromatic amines is 2. The molecule has 0 saturated heterocycles. The normalized spacial score (nSPS) is 18.6. The van der Waals surface area contributed by atoms with Crippen molar-refractivity contribution >= 4 is 5.91 Å². The SMILES string of the molecule is CCCN(CCC)C1CCC(NCCCCC(=O)N(Cc2ncc[nH]2)Cc2ncc[nH]2)CC1. The van der Waals surface area contributed by atoms with Crippen molar-refractivity contribution in [2.75, 3.05) is 19.6 Å². The van der Waals surface area contributed by atoms with Crippen molar-refractivity contribution in [2.24, 2.45) is 0 Å². The van der Waals surface area contributed by atoms with Gasteiger partial charge < -0.3 is 25.1 Å². The van der Waals surface area contributed by atoms with Crippen LogP contribution in [0, 0.1) is 0 Å². The highest BCUT2D eigenvalue weighted by molar-refractivity contribution is 5.76. The predicted octanol–water partition coefficient (Wildman–Crippen LogP) is 3.85. The van der Waals surface area contributed by atoms with Crippen molar-refractivity contribution in [3.05, 3.63) is 36.4 Å². The van der Waals surface area contributed by atoms with Gasteiger partial charge in [0.15, 0.2) is 0 Å². The van der Waals surface area contributed by atoms with Crippen LogP contribution in [0.5, 0.6) is 0 Å². The van der Waals surface area contributed by atoms with Crippen LogP contribution in [0.2, 0.25) is 0 Å². The molecule has 184 valence electrons. The van der Waals surface area contributed by atoms with Gasteiger partial charge in [-0.05, 0) is 71.0 Å². The first-order valence-electron chi connectivity index (χ1n) is 12.9. The van der Waals surface area contributed by atoms with Gasteiger partial charge in [-0.3, -0.25) is 4.79 Å². The van der Waals surface area contributed by atoms with Gasteiger partial charge in [-0.15, -0.1) is 0 Å². The van der Waals surface area contributed by atoms with Crippen LogP contribution in [0.1, 0.15) is 83.3 Å². The minimum absolute atomic E-state index is 0.148. The van der Waals surface area contributed by atoms with E-state index in [1.54, 1.807) is 24.8 Å². The standard InChI is InChI=1S/C25H43N7O/c1-3-17-31(18-4-2)22-10-8-21(9-11-22)26-12-6-5-7-25(33)32(19-23-27-13-14-28-23)20-24-29-15-16-30-24/h13-16,21-22,26H,3-12,17-20H2,1-2H3,(H,27,28)(H,29,30). The summed E-state index contributed by atoms with van der Waals surface area (Å²) in [5, 5.41) is 3.75. The highest BCUT2D eigenvalue weighted by atomic mass is 16.2. The van der Waals surface area contributed by atoms with Crippen molar-refractivity contribution in [3.8, 4) is 0 Å². The number of hydrogen-bond acceptors (Lipinski definition) is 5. The van der Waals surface area contributed by atoms with Crippen LogP contribution in [0.25, 0.3) is 0 Å². The zero-order chi connectivity index (χ0) is 23.3. The molecule has 2 heterocycles. The summed E-state index contributed by atoms with van der Waals surface area (Å²) in [4.78, 5) is 32.1. The van der Waals surface area contributed by atoms with Gasteiger partial charge in [-0.25, -0.2) is 9.97 Å². The number of imidazole rings is 2. The molecule has 0 radical (unpaired) electrons. The van der Waals surface area contributed by atoms with E-state index < -0.39 is 0 Å². The average molecular weight is 458 g/mol. The second kappa shape index (κ2) is 14.2. The molecule has 8 heteroatoms. The highest BCUT2D eigenvalue weighted by Gasteiger charge is 2.24. The fraction of sp³-hybridized carbons (Fsp3) is 0.720. The van der Waals surface area contributed by atoms with Gasteiger partial charge in [-0.1, -0.05) is 13.8 Å². The predicted molar refractivity (Wildman–Crippen MR) is 131 cm³/mol. The van der Waals surface area contributed by atoms with Crippen molar-refractivity contribution in [2.45, 2.75) is 96.8 Å². The zero-order valence-corrected chi connectivity index (χ0v) is 20.6. The first kappa shape index (κ1) is 25.4. The largest absolute Gasteiger partial charge is 0.347 e. The van der Waals surface area contributed by atoms with E-state index in [2.05, 4.69) is 44.0 Å². The zero-order valence-electron chi connectivity index (χ0n) is 20.6. The molecule has 1 amide bonds. The summed E-state index contributed by atoms with van der Waals surface area (Å²) in [6.45, 7) is 8.99. The lowest BCUT2D eigenvalue weighted by molar-refractivity contribution is -0.132. The Hall–Kier alpha value is -2.19. The number of carbonyl (C=O) groups is 1. The second-order valence-electron chi connectivity index (χ2n) is 9.27. The number of nitrogens with one attached hydrogen (secondary N) is 3. The Labute approximate surface area is 199 Å². The molecule has 2 aromatic rings. The minimum Gasteiger partial charge on any atom is -0.347 e. The highest BCUT2D eigenvalue weighted by Crippen LogP contribution is 2.23. The number of carbonyl (C=O) groups excluding carboxylic acids is 1. The van der Waals surface area contributed by atoms with Gasteiger partial charge in [0, 0.05) is 43.3 Å². The molecule has 3 rings (SSSR count). The van der Waals surface area contributed by atoms with E-state index in [4.69, 9.17) is 0 Å². The quantitative estimate of drug-likeness (QED) is 0.353. The molecule has 1 saturated carbocycles. The molecule has 0 aliphatic heterocycles. The summed E-state index contributed by atoms with van der Waals surface area (Å²) in [6, 6.07) is 1.41. The Morgan fingerprint density at radius 1 is 0.970 bits per heavy atom. The topological polar surface area (TPSA) is 92.9 Å². The van der Waals surface area contributed by atoms with E-state index in [0.717, 1.165) is 37.1 Å². The van der Waals surface area contributed by atoms with E-state index in [9.17, 15) is 4.79 Å². The number of nitrogens with zero attached hydrogens (tertiary/aromatic N) is 4. The van der Waals surface area contributed by atoms with Gasteiger partial charge in [0.05, 0.1) is 13.1 Å². The fourth-order valence-electron chi connectivity index (χ4n) is 4.92. The molecule has 3 N–H and O–H groups in total. The third-order valence-corrected chi connectivity index (χ3v) is 6.63. The van der Waals surface area contributed by atoms with Gasteiger partial charge in [0.2, 0.25) is 5.91 Å². The summed E-state index contributed by atoms with van der Waals surface area (Å²) in [5.41, 5.74) is 0. The molecule has 0 aromatic carbocycles. The maximum atomic E-state index is 12.9. The fourth-order valence-corrected chi connectivity index (χ4v) is 4.92. The molecular formula is C25H43N7O. The Morgan fingerprint density at radius 2 is 1.58 bits per heavy atom. The molecule has 1 aliphatic carbocycles. The lowest BCUT2D eigenvalue weighted by Gasteiger charge is -2.37. The number of aromatic nitrogens is 4. The van der Waals surface area contributed by atoms with Gasteiger partial charge in [-0.2, -0.15) is 0 Å². The van der Waals surface area contributed by atoms with Crippen LogP contribution < -0.4 is 5.32 Å². The van der Waals surface area contributed by atoms with Gasteiger partial charge in [0.1, 0.15) is 11.6 Å². The smallest absolute Gasteiger partial charge is 0.223 e. The molecule has 2 aromatic heterocycles. The molecule has 0 unspecified atom stereocenters. The number of rotatable bonds is 15. The summed E-state index contributed by atoms with van der Waals surface area (Å²) < 4.78 is 0. The van der Waals surface area contributed by atoms with Crippen LogP contribution in [-0.4, -0.2) is 67.4 Å². The molecule has 0 spiro atoms. The van der Waals surface area contributed by atoms with Gasteiger partial charge >= 0.3 is 0 Å². The van der Waals surface area contributed by atoms with Crippen molar-refractivity contribution in [3.63, 3.8) is 0 Å². The lowest BCUT2D eigenvalue weighted by atomic mass is 9.90. The molecular weight excluding hydrogens is 414 g/mol. The van der Waals surface area contributed by atoms with Crippen LogP contribution in [0.15, 0.2) is 24.8 Å². The number of hydrogen-bond donors (Lipinski definition) is 3. The van der Waals surface area contributed by atoms with E-state index in [1.807, 2.05) is 4.90 Å². The van der Waals surface area contributed by atoms with Crippen LogP contribution in [0.4, 0.5) is 0 Å². The van der Waals surface area contributed by atoms with Crippen LogP contribution in [0.3, 0.4) is 0 Å². The molecule has 8 nitrogen and oxygen atoms in total. The molecule has 1 fully saturated rings. The Kier molecular flexibility index (Phi) is 10.9. The van der Waals surface area contributed by atoms with E-state index in [0.29, 0.717) is 25.6 Å². The van der Waals surface area contributed by atoms with Gasteiger partial charge in [0.25, 0.3) is 0 Å². The molecule has 1 aliphatic rings. The van der Waals surface area contributed by atoms with E-state index in [-0.39, 0.29) is 5.91 Å². The van der Waals surface area contributed by atoms with Crippen molar-refractivity contribution in [1.29, 1.82) is 0 Å². The van der Waals surface area contributed by atoms with Crippen LogP contribution >= 0.6 is 0 Å². The molecule has 0 bridgehead atoms. The first-order chi connectivity index (χ1) is 16.2. The molecule has 33 heavy (non-hydrogen) atoms.